The molecule has 0 fully saturated rings. The first-order valence-corrected chi connectivity index (χ1v) is 5.44. The van der Waals surface area contributed by atoms with E-state index in [0.717, 1.165) is 19.4 Å². The van der Waals surface area contributed by atoms with E-state index in [1.807, 2.05) is 0 Å². The first-order valence-electron chi connectivity index (χ1n) is 5.44. The van der Waals surface area contributed by atoms with E-state index in [1.54, 1.807) is 6.08 Å². The maximum Gasteiger partial charge on any atom is 0.237 e. The van der Waals surface area contributed by atoms with E-state index in [2.05, 4.69) is 18.8 Å². The summed E-state index contributed by atoms with van der Waals surface area (Å²) in [6.07, 6.45) is 4.01. The summed E-state index contributed by atoms with van der Waals surface area (Å²) in [6, 6.07) is -0.473. The summed E-state index contributed by atoms with van der Waals surface area (Å²) in [6.45, 7) is 7.68. The quantitative estimate of drug-likeness (QED) is 0.441. The van der Waals surface area contributed by atoms with Crippen LogP contribution in [0.4, 0.5) is 0 Å². The number of nitrogens with one attached hydrogen (secondary N) is 1. The van der Waals surface area contributed by atoms with Crippen molar-refractivity contribution in [1.29, 1.82) is 0 Å². The molecular weight excluding hydrogens is 192 g/mol. The molecule has 15 heavy (non-hydrogen) atoms. The van der Waals surface area contributed by atoms with Gasteiger partial charge >= 0.3 is 0 Å². The van der Waals surface area contributed by atoms with E-state index in [0.29, 0.717) is 19.6 Å². The van der Waals surface area contributed by atoms with Crippen LogP contribution in [0.15, 0.2) is 12.7 Å². The third kappa shape index (κ3) is 8.15. The van der Waals surface area contributed by atoms with Crippen LogP contribution in [0.2, 0.25) is 0 Å². The van der Waals surface area contributed by atoms with E-state index >= 15 is 0 Å². The lowest BCUT2D eigenvalue weighted by atomic mass is 10.2. The van der Waals surface area contributed by atoms with Gasteiger partial charge in [0.25, 0.3) is 0 Å². The van der Waals surface area contributed by atoms with Crippen molar-refractivity contribution in [3.8, 4) is 0 Å². The maximum atomic E-state index is 11.3. The molecule has 0 aromatic heterocycles. The smallest absolute Gasteiger partial charge is 0.237 e. The molecule has 0 spiro atoms. The van der Waals surface area contributed by atoms with Gasteiger partial charge in [-0.15, -0.1) is 6.58 Å². The normalized spacial score (nSPS) is 12.1. The minimum absolute atomic E-state index is 0.120. The highest BCUT2D eigenvalue weighted by molar-refractivity contribution is 5.81. The van der Waals surface area contributed by atoms with Crippen molar-refractivity contribution < 1.29 is 9.53 Å². The lowest BCUT2D eigenvalue weighted by Gasteiger charge is -2.10. The van der Waals surface area contributed by atoms with Gasteiger partial charge in [0.15, 0.2) is 0 Å². The SMILES string of the molecule is C=CCC(N)C(=O)NCCCOCCC. The Balaban J connectivity index is 3.34. The molecule has 0 aliphatic rings. The zero-order chi connectivity index (χ0) is 11.5. The van der Waals surface area contributed by atoms with Gasteiger partial charge in [-0.2, -0.15) is 0 Å². The molecule has 0 aromatic rings. The first-order chi connectivity index (χ1) is 7.22. The molecule has 0 aromatic carbocycles. The second kappa shape index (κ2) is 9.68. The zero-order valence-corrected chi connectivity index (χ0v) is 9.50. The van der Waals surface area contributed by atoms with E-state index in [1.165, 1.54) is 0 Å². The van der Waals surface area contributed by atoms with Crippen LogP contribution in [0.5, 0.6) is 0 Å². The molecule has 1 atom stereocenters. The second-order valence-corrected chi connectivity index (χ2v) is 3.39. The molecule has 0 aliphatic carbocycles. The monoisotopic (exact) mass is 214 g/mol. The maximum absolute atomic E-state index is 11.3. The lowest BCUT2D eigenvalue weighted by Crippen LogP contribution is -2.40. The molecule has 1 amide bonds. The molecule has 0 rings (SSSR count). The molecule has 0 bridgehead atoms. The van der Waals surface area contributed by atoms with Crippen molar-refractivity contribution in [2.75, 3.05) is 19.8 Å². The molecule has 4 heteroatoms. The molecule has 1 unspecified atom stereocenters. The van der Waals surface area contributed by atoms with Crippen LogP contribution >= 0.6 is 0 Å². The standard InChI is InChI=1S/C11H22N2O2/c1-3-6-10(12)11(14)13-7-5-9-15-8-4-2/h3,10H,1,4-9,12H2,2H3,(H,13,14). The lowest BCUT2D eigenvalue weighted by molar-refractivity contribution is -0.122. The summed E-state index contributed by atoms with van der Waals surface area (Å²) >= 11 is 0. The van der Waals surface area contributed by atoms with Crippen LogP contribution in [-0.4, -0.2) is 31.7 Å². The number of nitrogens with two attached hydrogens (primary N) is 1. The van der Waals surface area contributed by atoms with Gasteiger partial charge in [-0.1, -0.05) is 13.0 Å². The van der Waals surface area contributed by atoms with E-state index < -0.39 is 6.04 Å². The molecular formula is C11H22N2O2. The molecule has 4 nitrogen and oxygen atoms in total. The van der Waals surface area contributed by atoms with Crippen molar-refractivity contribution in [3.63, 3.8) is 0 Å². The number of carbonyl (C=O) groups excluding carboxylic acids is 1. The molecule has 3 N–H and O–H groups in total. The van der Waals surface area contributed by atoms with Gasteiger partial charge in [-0.3, -0.25) is 4.79 Å². The average molecular weight is 214 g/mol. The summed E-state index contributed by atoms with van der Waals surface area (Å²) in [5.74, 6) is -0.120. The minimum Gasteiger partial charge on any atom is -0.381 e. The highest BCUT2D eigenvalue weighted by Gasteiger charge is 2.09. The van der Waals surface area contributed by atoms with Gasteiger partial charge in [0.05, 0.1) is 6.04 Å². The predicted molar refractivity (Wildman–Crippen MR) is 61.5 cm³/mol. The first kappa shape index (κ1) is 14.1. The van der Waals surface area contributed by atoms with Crippen molar-refractivity contribution in [1.82, 2.24) is 5.32 Å². The Morgan fingerprint density at radius 2 is 2.33 bits per heavy atom. The molecule has 0 aliphatic heterocycles. The fourth-order valence-electron chi connectivity index (χ4n) is 1.05. The third-order valence-corrected chi connectivity index (χ3v) is 1.87. The Bertz CT molecular complexity index is 183. The number of rotatable bonds is 9. The Labute approximate surface area is 91.9 Å². The number of carbonyl (C=O) groups is 1. The third-order valence-electron chi connectivity index (χ3n) is 1.87. The summed E-state index contributed by atoms with van der Waals surface area (Å²) in [4.78, 5) is 11.3. The number of hydrogen-bond acceptors (Lipinski definition) is 3. The van der Waals surface area contributed by atoms with Crippen molar-refractivity contribution in [2.24, 2.45) is 5.73 Å². The van der Waals surface area contributed by atoms with Gasteiger partial charge in [-0.25, -0.2) is 0 Å². The minimum atomic E-state index is -0.473. The van der Waals surface area contributed by atoms with Crippen molar-refractivity contribution >= 4 is 5.91 Å². The Kier molecular flexibility index (Phi) is 9.11. The Morgan fingerprint density at radius 1 is 1.60 bits per heavy atom. The molecule has 0 saturated heterocycles. The van der Waals surface area contributed by atoms with Gasteiger partial charge < -0.3 is 15.8 Å². The topological polar surface area (TPSA) is 64.4 Å². The van der Waals surface area contributed by atoms with Crippen LogP contribution < -0.4 is 11.1 Å². The molecule has 0 saturated carbocycles. The number of amides is 1. The summed E-state index contributed by atoms with van der Waals surface area (Å²) in [5, 5.41) is 2.75. The van der Waals surface area contributed by atoms with Crippen LogP contribution in [-0.2, 0) is 9.53 Å². The van der Waals surface area contributed by atoms with Gasteiger partial charge in [0.1, 0.15) is 0 Å². The van der Waals surface area contributed by atoms with E-state index in [9.17, 15) is 4.79 Å². The number of ether oxygens (including phenoxy) is 1. The van der Waals surface area contributed by atoms with E-state index in [-0.39, 0.29) is 5.91 Å². The number of hydrogen-bond donors (Lipinski definition) is 2. The summed E-state index contributed by atoms with van der Waals surface area (Å²) in [5.41, 5.74) is 5.58. The Hall–Kier alpha value is -0.870. The van der Waals surface area contributed by atoms with Crippen LogP contribution in [0, 0.1) is 0 Å². The van der Waals surface area contributed by atoms with E-state index in [4.69, 9.17) is 10.5 Å². The zero-order valence-electron chi connectivity index (χ0n) is 9.50. The van der Waals surface area contributed by atoms with Crippen molar-refractivity contribution in [2.45, 2.75) is 32.2 Å². The summed E-state index contributed by atoms with van der Waals surface area (Å²) in [7, 11) is 0. The predicted octanol–water partition coefficient (Wildman–Crippen LogP) is 0.823. The highest BCUT2D eigenvalue weighted by Crippen LogP contribution is 1.89. The molecule has 0 radical (unpaired) electrons. The van der Waals surface area contributed by atoms with Gasteiger partial charge in [0, 0.05) is 19.8 Å². The Morgan fingerprint density at radius 3 is 2.93 bits per heavy atom. The summed E-state index contributed by atoms with van der Waals surface area (Å²) < 4.78 is 5.27. The van der Waals surface area contributed by atoms with Crippen LogP contribution in [0.3, 0.4) is 0 Å². The molecule has 88 valence electrons. The fourth-order valence-corrected chi connectivity index (χ4v) is 1.05. The van der Waals surface area contributed by atoms with Gasteiger partial charge in [0.2, 0.25) is 5.91 Å². The van der Waals surface area contributed by atoms with Gasteiger partial charge in [-0.05, 0) is 19.3 Å². The second-order valence-electron chi connectivity index (χ2n) is 3.39. The average Bonchev–Trinajstić information content (AvgIpc) is 2.23. The highest BCUT2D eigenvalue weighted by atomic mass is 16.5. The van der Waals surface area contributed by atoms with Crippen LogP contribution in [0.1, 0.15) is 26.2 Å². The van der Waals surface area contributed by atoms with Crippen LogP contribution in [0.25, 0.3) is 0 Å². The largest absolute Gasteiger partial charge is 0.381 e. The van der Waals surface area contributed by atoms with Crippen molar-refractivity contribution in [3.05, 3.63) is 12.7 Å². The fraction of sp³-hybridized carbons (Fsp3) is 0.727. The molecule has 0 heterocycles.